The van der Waals surface area contributed by atoms with Crippen molar-refractivity contribution in [3.8, 4) is 45.4 Å². The highest BCUT2D eigenvalue weighted by Crippen LogP contribution is 2.41. The lowest BCUT2D eigenvalue weighted by Crippen LogP contribution is -1.99. The third-order valence-corrected chi connectivity index (χ3v) is 6.10. The summed E-state index contributed by atoms with van der Waals surface area (Å²) in [5.41, 5.74) is 6.99. The van der Waals surface area contributed by atoms with Crippen LogP contribution in [0, 0.1) is 6.92 Å². The summed E-state index contributed by atoms with van der Waals surface area (Å²) in [4.78, 5) is 8.47. The topological polar surface area (TPSA) is 47.1 Å². The Morgan fingerprint density at radius 3 is 2.11 bits per heavy atom. The fourth-order valence-electron chi connectivity index (χ4n) is 3.97. The van der Waals surface area contributed by atoms with Gasteiger partial charge in [-0.05, 0) is 24.6 Å². The Balaban J connectivity index is 1.52. The van der Waals surface area contributed by atoms with Crippen LogP contribution < -0.4 is 9.47 Å². The number of hydrogen-bond acceptors (Lipinski definition) is 3. The molecule has 1 N–H and O–H groups in total. The van der Waals surface area contributed by atoms with Gasteiger partial charge < -0.3 is 14.5 Å². The fourth-order valence-corrected chi connectivity index (χ4v) is 4.23. The number of ether oxygens (including phenoxy) is 2. The van der Waals surface area contributed by atoms with Crippen LogP contribution in [-0.4, -0.2) is 17.1 Å². The van der Waals surface area contributed by atoms with Gasteiger partial charge in [0.15, 0.2) is 11.5 Å². The molecule has 0 saturated heterocycles. The van der Waals surface area contributed by atoms with Gasteiger partial charge >= 0.3 is 0 Å². The van der Waals surface area contributed by atoms with Crippen molar-refractivity contribution in [2.24, 2.45) is 0 Å². The lowest BCUT2D eigenvalue weighted by molar-refractivity contribution is 0.285. The molecule has 0 fully saturated rings. The van der Waals surface area contributed by atoms with Crippen LogP contribution in [0.5, 0.6) is 11.5 Å². The molecular weight excluding hydrogens is 456 g/mol. The number of benzene rings is 4. The Morgan fingerprint density at radius 2 is 1.46 bits per heavy atom. The number of nitrogens with one attached hydrogen (secondary N) is 1. The maximum atomic E-state index is 6.69. The van der Waals surface area contributed by atoms with E-state index in [9.17, 15) is 0 Å². The molecule has 0 aliphatic carbocycles. The minimum Gasteiger partial charge on any atom is -0.493 e. The number of aryl methyl sites for hydroxylation is 1. The Bertz CT molecular complexity index is 1370. The van der Waals surface area contributed by atoms with Gasteiger partial charge in [0, 0.05) is 16.7 Å². The molecule has 1 heterocycles. The van der Waals surface area contributed by atoms with Gasteiger partial charge in [-0.2, -0.15) is 0 Å². The third-order valence-electron chi connectivity index (χ3n) is 5.82. The van der Waals surface area contributed by atoms with Gasteiger partial charge in [0.25, 0.3) is 0 Å². The highest BCUT2D eigenvalue weighted by atomic mass is 35.5. The second-order valence-electron chi connectivity index (χ2n) is 8.30. The average molecular weight is 481 g/mol. The zero-order chi connectivity index (χ0) is 24.2. The van der Waals surface area contributed by atoms with Crippen molar-refractivity contribution in [1.29, 1.82) is 0 Å². The molecule has 5 aromatic rings. The van der Waals surface area contributed by atoms with Gasteiger partial charge in [0.2, 0.25) is 0 Å². The van der Waals surface area contributed by atoms with Crippen LogP contribution >= 0.6 is 11.6 Å². The summed E-state index contributed by atoms with van der Waals surface area (Å²) in [6, 6.07) is 32.3. The van der Waals surface area contributed by atoms with E-state index in [1.807, 2.05) is 60.7 Å². The molecule has 0 aliphatic rings. The van der Waals surface area contributed by atoms with Gasteiger partial charge in [-0.25, -0.2) is 4.98 Å². The normalized spacial score (nSPS) is 10.8. The molecule has 0 bridgehead atoms. The summed E-state index contributed by atoms with van der Waals surface area (Å²) in [5.74, 6) is 1.77. The van der Waals surface area contributed by atoms with Crippen LogP contribution in [0.3, 0.4) is 0 Å². The van der Waals surface area contributed by atoms with Crippen molar-refractivity contribution in [3.05, 3.63) is 113 Å². The summed E-state index contributed by atoms with van der Waals surface area (Å²) < 4.78 is 11.7. The van der Waals surface area contributed by atoms with E-state index >= 15 is 0 Å². The molecule has 0 spiro atoms. The van der Waals surface area contributed by atoms with E-state index in [0.29, 0.717) is 29.0 Å². The zero-order valence-electron chi connectivity index (χ0n) is 19.6. The summed E-state index contributed by atoms with van der Waals surface area (Å²) >= 11 is 6.69. The molecule has 0 radical (unpaired) electrons. The van der Waals surface area contributed by atoms with Crippen molar-refractivity contribution in [2.75, 3.05) is 7.11 Å². The largest absolute Gasteiger partial charge is 0.493 e. The molecule has 5 heteroatoms. The lowest BCUT2D eigenvalue weighted by Gasteiger charge is -2.14. The molecule has 35 heavy (non-hydrogen) atoms. The molecule has 0 aliphatic heterocycles. The number of aromatic nitrogens is 2. The minimum absolute atomic E-state index is 0.396. The van der Waals surface area contributed by atoms with Gasteiger partial charge in [-0.1, -0.05) is 102 Å². The minimum atomic E-state index is 0.396. The molecule has 1 aromatic heterocycles. The van der Waals surface area contributed by atoms with Crippen LogP contribution in [0.25, 0.3) is 33.9 Å². The van der Waals surface area contributed by atoms with Crippen LogP contribution in [0.15, 0.2) is 97.1 Å². The SMILES string of the molecule is COc1cc(-c2nc(-c3ccccc3)c(-c3ccccc3)[nH]2)cc(Cl)c1OCc1ccc(C)cc1. The van der Waals surface area contributed by atoms with Crippen LogP contribution in [0.2, 0.25) is 5.02 Å². The highest BCUT2D eigenvalue weighted by Gasteiger charge is 2.19. The first-order valence-corrected chi connectivity index (χ1v) is 11.8. The average Bonchev–Trinajstić information content (AvgIpc) is 3.35. The predicted molar refractivity (Wildman–Crippen MR) is 142 cm³/mol. The molecule has 0 saturated carbocycles. The highest BCUT2D eigenvalue weighted by molar-refractivity contribution is 6.32. The Labute approximate surface area is 210 Å². The fraction of sp³-hybridized carbons (Fsp3) is 0.100. The summed E-state index contributed by atoms with van der Waals surface area (Å²) in [6.45, 7) is 2.46. The number of imidazole rings is 1. The molecule has 174 valence electrons. The maximum absolute atomic E-state index is 6.69. The molecule has 5 rings (SSSR count). The van der Waals surface area contributed by atoms with Gasteiger partial charge in [-0.15, -0.1) is 0 Å². The first kappa shape index (κ1) is 22.8. The van der Waals surface area contributed by atoms with Crippen LogP contribution in [0.1, 0.15) is 11.1 Å². The summed E-state index contributed by atoms with van der Waals surface area (Å²) in [7, 11) is 1.61. The monoisotopic (exact) mass is 480 g/mol. The number of nitrogens with zero attached hydrogens (tertiary/aromatic N) is 1. The van der Waals surface area contributed by atoms with E-state index in [-0.39, 0.29) is 0 Å². The van der Waals surface area contributed by atoms with Crippen molar-refractivity contribution in [1.82, 2.24) is 9.97 Å². The number of hydrogen-bond donors (Lipinski definition) is 1. The Hall–Kier alpha value is -4.02. The van der Waals surface area contributed by atoms with E-state index in [1.54, 1.807) is 7.11 Å². The first-order valence-electron chi connectivity index (χ1n) is 11.4. The predicted octanol–water partition coefficient (Wildman–Crippen LogP) is 7.96. The van der Waals surface area contributed by atoms with E-state index in [0.717, 1.165) is 33.6 Å². The number of rotatable bonds is 7. The Kier molecular flexibility index (Phi) is 6.55. The quantitative estimate of drug-likeness (QED) is 0.257. The molecule has 0 atom stereocenters. The molecule has 0 amide bonds. The summed E-state index contributed by atoms with van der Waals surface area (Å²) in [5, 5.41) is 0.463. The lowest BCUT2D eigenvalue weighted by atomic mass is 10.1. The second-order valence-corrected chi connectivity index (χ2v) is 8.71. The zero-order valence-corrected chi connectivity index (χ0v) is 20.3. The summed E-state index contributed by atoms with van der Waals surface area (Å²) in [6.07, 6.45) is 0. The van der Waals surface area contributed by atoms with Gasteiger partial charge in [0.1, 0.15) is 12.4 Å². The van der Waals surface area contributed by atoms with Crippen LogP contribution in [0.4, 0.5) is 0 Å². The Morgan fingerprint density at radius 1 is 0.800 bits per heavy atom. The second kappa shape index (κ2) is 10.1. The van der Waals surface area contributed by atoms with Crippen molar-refractivity contribution >= 4 is 11.6 Å². The number of H-pyrrole nitrogens is 1. The number of halogens is 1. The van der Waals surface area contributed by atoms with E-state index in [1.165, 1.54) is 5.56 Å². The standard InChI is InChI=1S/C30H25ClN2O2/c1-20-13-15-21(16-14-20)19-35-29-25(31)17-24(18-26(29)34-2)30-32-27(22-9-5-3-6-10-22)28(33-30)23-11-7-4-8-12-23/h3-18H,19H2,1-2H3,(H,32,33). The smallest absolute Gasteiger partial charge is 0.180 e. The van der Waals surface area contributed by atoms with E-state index in [4.69, 9.17) is 26.1 Å². The van der Waals surface area contributed by atoms with Gasteiger partial charge in [0.05, 0.1) is 23.5 Å². The molecule has 4 aromatic carbocycles. The maximum Gasteiger partial charge on any atom is 0.180 e. The van der Waals surface area contributed by atoms with Crippen molar-refractivity contribution in [2.45, 2.75) is 13.5 Å². The molecular formula is C30H25ClN2O2. The van der Waals surface area contributed by atoms with E-state index in [2.05, 4.69) is 48.3 Å². The number of methoxy groups -OCH3 is 1. The van der Waals surface area contributed by atoms with Crippen LogP contribution in [-0.2, 0) is 6.61 Å². The first-order chi connectivity index (χ1) is 17.1. The van der Waals surface area contributed by atoms with Gasteiger partial charge in [-0.3, -0.25) is 0 Å². The van der Waals surface area contributed by atoms with E-state index < -0.39 is 0 Å². The molecule has 0 unspecified atom stereocenters. The number of aromatic amines is 1. The van der Waals surface area contributed by atoms with Crippen molar-refractivity contribution < 1.29 is 9.47 Å². The van der Waals surface area contributed by atoms with Crippen molar-refractivity contribution in [3.63, 3.8) is 0 Å². The third kappa shape index (κ3) is 4.93. The molecule has 4 nitrogen and oxygen atoms in total.